The number of fused-ring (bicyclic) bond motifs is 1. The number of para-hydroxylation sites is 2. The van der Waals surface area contributed by atoms with E-state index >= 15 is 0 Å². The number of rotatable bonds is 8. The molecule has 0 spiro atoms. The van der Waals surface area contributed by atoms with Crippen LogP contribution in [0.5, 0.6) is 0 Å². The van der Waals surface area contributed by atoms with Crippen molar-refractivity contribution in [3.05, 3.63) is 30.1 Å². The van der Waals surface area contributed by atoms with Gasteiger partial charge in [0, 0.05) is 13.0 Å². The van der Waals surface area contributed by atoms with Crippen molar-refractivity contribution in [3.8, 4) is 0 Å². The minimum Gasteiger partial charge on any atom is -0.370 e. The first-order chi connectivity index (χ1) is 12.7. The zero-order valence-corrected chi connectivity index (χ0v) is 15.8. The standard InChI is InChI=1S/C18H26N6O3/c1-18(2,3)10-13(16(26)24-20-9-8-14(19)25)23-17(27)15-21-11-6-4-5-7-12(11)22-15/h4-7,13,20H,8-10H2,1-3H3,(H2,19,25)(H,21,22)(H,23,27)(H,24,26)/t13-/m0/s1. The number of nitrogens with zero attached hydrogens (tertiary/aromatic N) is 1. The van der Waals surface area contributed by atoms with E-state index in [-0.39, 0.29) is 24.2 Å². The van der Waals surface area contributed by atoms with Gasteiger partial charge in [0.25, 0.3) is 11.8 Å². The second-order valence-electron chi connectivity index (χ2n) is 7.53. The molecule has 9 nitrogen and oxygen atoms in total. The van der Waals surface area contributed by atoms with Crippen molar-refractivity contribution >= 4 is 28.8 Å². The highest BCUT2D eigenvalue weighted by Crippen LogP contribution is 2.21. The summed E-state index contributed by atoms with van der Waals surface area (Å²) in [6, 6.07) is 6.52. The van der Waals surface area contributed by atoms with E-state index in [9.17, 15) is 14.4 Å². The van der Waals surface area contributed by atoms with Gasteiger partial charge in [-0.1, -0.05) is 32.9 Å². The number of nitrogens with one attached hydrogen (secondary N) is 4. The molecule has 1 atom stereocenters. The maximum Gasteiger partial charge on any atom is 0.287 e. The third-order valence-electron chi connectivity index (χ3n) is 3.75. The lowest BCUT2D eigenvalue weighted by atomic mass is 9.88. The highest BCUT2D eigenvalue weighted by Gasteiger charge is 2.27. The van der Waals surface area contributed by atoms with Crippen molar-refractivity contribution in [1.29, 1.82) is 0 Å². The van der Waals surface area contributed by atoms with Gasteiger partial charge in [-0.3, -0.25) is 19.8 Å². The number of aromatic nitrogens is 2. The average molecular weight is 374 g/mol. The van der Waals surface area contributed by atoms with Gasteiger partial charge in [0.15, 0.2) is 5.82 Å². The summed E-state index contributed by atoms with van der Waals surface area (Å²) >= 11 is 0. The lowest BCUT2D eigenvalue weighted by Gasteiger charge is -2.26. The van der Waals surface area contributed by atoms with Crippen molar-refractivity contribution < 1.29 is 14.4 Å². The van der Waals surface area contributed by atoms with Crippen LogP contribution in [0, 0.1) is 5.41 Å². The Hall–Kier alpha value is -2.94. The van der Waals surface area contributed by atoms with E-state index in [1.54, 1.807) is 6.07 Å². The fraction of sp³-hybridized carbons (Fsp3) is 0.444. The number of aromatic amines is 1. The van der Waals surface area contributed by atoms with Gasteiger partial charge in [-0.2, -0.15) is 0 Å². The number of carbonyl (C=O) groups is 3. The Bertz CT molecular complexity index is 791. The highest BCUT2D eigenvalue weighted by atomic mass is 16.2. The largest absolute Gasteiger partial charge is 0.370 e. The summed E-state index contributed by atoms with van der Waals surface area (Å²) in [6.45, 7) is 6.13. The summed E-state index contributed by atoms with van der Waals surface area (Å²) in [6.07, 6.45) is 0.512. The predicted molar refractivity (Wildman–Crippen MR) is 101 cm³/mol. The number of nitrogens with two attached hydrogens (primary N) is 1. The number of carbonyl (C=O) groups excluding carboxylic acids is 3. The molecule has 0 saturated carbocycles. The summed E-state index contributed by atoms with van der Waals surface area (Å²) in [4.78, 5) is 43.0. The van der Waals surface area contributed by atoms with Crippen LogP contribution in [-0.2, 0) is 9.59 Å². The van der Waals surface area contributed by atoms with Gasteiger partial charge in [0.1, 0.15) is 6.04 Å². The van der Waals surface area contributed by atoms with Gasteiger partial charge in [-0.25, -0.2) is 10.4 Å². The van der Waals surface area contributed by atoms with E-state index in [0.29, 0.717) is 11.9 Å². The lowest BCUT2D eigenvalue weighted by molar-refractivity contribution is -0.125. The smallest absolute Gasteiger partial charge is 0.287 e. The number of amides is 3. The molecule has 0 aliphatic rings. The lowest BCUT2D eigenvalue weighted by Crippen LogP contribution is -2.52. The van der Waals surface area contributed by atoms with Gasteiger partial charge in [-0.15, -0.1) is 0 Å². The third-order valence-corrected chi connectivity index (χ3v) is 3.75. The Labute approximate surface area is 157 Å². The molecule has 0 radical (unpaired) electrons. The zero-order chi connectivity index (χ0) is 20.0. The Morgan fingerprint density at radius 3 is 2.56 bits per heavy atom. The van der Waals surface area contributed by atoms with Gasteiger partial charge in [-0.05, 0) is 24.0 Å². The number of hydrogen-bond acceptors (Lipinski definition) is 5. The molecule has 1 heterocycles. The first kappa shape index (κ1) is 20.4. The normalized spacial score (nSPS) is 12.6. The van der Waals surface area contributed by atoms with Crippen LogP contribution in [0.15, 0.2) is 24.3 Å². The second-order valence-corrected chi connectivity index (χ2v) is 7.53. The SMILES string of the molecule is CC(C)(C)C[C@H](NC(=O)c1nc2ccccc2[nH]1)C(=O)NNCCC(N)=O. The minimum atomic E-state index is -0.771. The molecule has 3 amide bonds. The maximum atomic E-state index is 12.6. The fourth-order valence-electron chi connectivity index (χ4n) is 2.53. The third kappa shape index (κ3) is 6.37. The Morgan fingerprint density at radius 2 is 1.93 bits per heavy atom. The number of imidazole rings is 1. The fourth-order valence-corrected chi connectivity index (χ4v) is 2.53. The van der Waals surface area contributed by atoms with Crippen LogP contribution in [-0.4, -0.2) is 40.3 Å². The van der Waals surface area contributed by atoms with Crippen molar-refractivity contribution in [2.75, 3.05) is 6.54 Å². The average Bonchev–Trinajstić information content (AvgIpc) is 3.00. The van der Waals surface area contributed by atoms with E-state index in [1.807, 2.05) is 39.0 Å². The molecular weight excluding hydrogens is 348 g/mol. The Balaban J connectivity index is 2.05. The van der Waals surface area contributed by atoms with E-state index < -0.39 is 23.8 Å². The monoisotopic (exact) mass is 374 g/mol. The minimum absolute atomic E-state index is 0.0928. The molecule has 2 rings (SSSR count). The summed E-state index contributed by atoms with van der Waals surface area (Å²) in [7, 11) is 0. The molecular formula is C18H26N6O3. The summed E-state index contributed by atoms with van der Waals surface area (Å²) in [5, 5.41) is 2.72. The second kappa shape index (κ2) is 8.63. The summed E-state index contributed by atoms with van der Waals surface area (Å²) in [5.74, 6) is -1.20. The van der Waals surface area contributed by atoms with Gasteiger partial charge in [0.05, 0.1) is 11.0 Å². The van der Waals surface area contributed by atoms with Crippen molar-refractivity contribution in [1.82, 2.24) is 26.1 Å². The van der Waals surface area contributed by atoms with Crippen LogP contribution >= 0.6 is 0 Å². The molecule has 27 heavy (non-hydrogen) atoms. The van der Waals surface area contributed by atoms with E-state index in [1.165, 1.54) is 0 Å². The molecule has 146 valence electrons. The van der Waals surface area contributed by atoms with Crippen molar-refractivity contribution in [2.45, 2.75) is 39.7 Å². The molecule has 0 saturated heterocycles. The molecule has 0 fully saturated rings. The van der Waals surface area contributed by atoms with Crippen LogP contribution in [0.3, 0.4) is 0 Å². The molecule has 1 aromatic heterocycles. The molecule has 9 heteroatoms. The van der Waals surface area contributed by atoms with E-state index in [2.05, 4.69) is 26.1 Å². The van der Waals surface area contributed by atoms with Crippen LogP contribution in [0.1, 0.15) is 44.2 Å². The van der Waals surface area contributed by atoms with Crippen LogP contribution < -0.4 is 21.9 Å². The number of benzene rings is 1. The predicted octanol–water partition coefficient (Wildman–Crippen LogP) is 0.594. The van der Waals surface area contributed by atoms with E-state index in [4.69, 9.17) is 5.73 Å². The number of hydrogen-bond donors (Lipinski definition) is 5. The number of hydrazine groups is 1. The molecule has 0 bridgehead atoms. The van der Waals surface area contributed by atoms with Crippen LogP contribution in [0.25, 0.3) is 11.0 Å². The molecule has 0 unspecified atom stereocenters. The first-order valence-electron chi connectivity index (χ1n) is 8.72. The zero-order valence-electron chi connectivity index (χ0n) is 15.8. The molecule has 0 aliphatic heterocycles. The topological polar surface area (TPSA) is 142 Å². The Kier molecular flexibility index (Phi) is 6.51. The molecule has 6 N–H and O–H groups in total. The molecule has 2 aromatic rings. The maximum absolute atomic E-state index is 12.6. The quantitative estimate of drug-likeness (QED) is 0.340. The van der Waals surface area contributed by atoms with Gasteiger partial charge >= 0.3 is 0 Å². The van der Waals surface area contributed by atoms with Crippen molar-refractivity contribution in [2.24, 2.45) is 11.1 Å². The number of H-pyrrole nitrogens is 1. The van der Waals surface area contributed by atoms with Crippen LogP contribution in [0.2, 0.25) is 0 Å². The highest BCUT2D eigenvalue weighted by molar-refractivity contribution is 5.97. The van der Waals surface area contributed by atoms with Gasteiger partial charge < -0.3 is 16.0 Å². The van der Waals surface area contributed by atoms with Crippen LogP contribution in [0.4, 0.5) is 0 Å². The van der Waals surface area contributed by atoms with E-state index in [0.717, 1.165) is 5.52 Å². The first-order valence-corrected chi connectivity index (χ1v) is 8.72. The molecule has 0 aliphatic carbocycles. The van der Waals surface area contributed by atoms with Gasteiger partial charge in [0.2, 0.25) is 5.91 Å². The Morgan fingerprint density at radius 1 is 1.22 bits per heavy atom. The number of primary amides is 1. The summed E-state index contributed by atoms with van der Waals surface area (Å²) in [5.41, 5.74) is 11.4. The van der Waals surface area contributed by atoms with Crippen molar-refractivity contribution in [3.63, 3.8) is 0 Å². The molecule has 1 aromatic carbocycles. The summed E-state index contributed by atoms with van der Waals surface area (Å²) < 4.78 is 0.